The lowest BCUT2D eigenvalue weighted by atomic mass is 9.86. The first-order chi connectivity index (χ1) is 10.9. The van der Waals surface area contributed by atoms with Crippen LogP contribution in [0.3, 0.4) is 0 Å². The summed E-state index contributed by atoms with van der Waals surface area (Å²) in [5.74, 6) is -0.0198. The molecule has 0 saturated heterocycles. The van der Waals surface area contributed by atoms with E-state index < -0.39 is 10.9 Å². The summed E-state index contributed by atoms with van der Waals surface area (Å²) in [4.78, 5) is 22.4. The van der Waals surface area contributed by atoms with Crippen molar-refractivity contribution in [3.63, 3.8) is 0 Å². The third-order valence-corrected chi connectivity index (χ3v) is 4.10. The molecule has 0 amide bonds. The highest BCUT2D eigenvalue weighted by molar-refractivity contribution is 5.90. The Morgan fingerprint density at radius 3 is 2.74 bits per heavy atom. The summed E-state index contributed by atoms with van der Waals surface area (Å²) >= 11 is 0. The number of rotatable bonds is 5. The van der Waals surface area contributed by atoms with Gasteiger partial charge in [-0.1, -0.05) is 18.2 Å². The number of nitro groups is 1. The zero-order chi connectivity index (χ0) is 17.0. The molecule has 0 radical (unpaired) electrons. The maximum atomic E-state index is 12.1. The van der Waals surface area contributed by atoms with Crippen LogP contribution in [0, 0.1) is 23.0 Å². The van der Waals surface area contributed by atoms with Crippen LogP contribution in [-0.4, -0.2) is 17.5 Å². The first kappa shape index (κ1) is 16.9. The quantitative estimate of drug-likeness (QED) is 0.350. The molecule has 0 N–H and O–H groups in total. The van der Waals surface area contributed by atoms with Crippen LogP contribution in [0.4, 0.5) is 5.69 Å². The zero-order valence-corrected chi connectivity index (χ0v) is 13.5. The third-order valence-electron chi connectivity index (χ3n) is 4.10. The molecule has 122 valence electrons. The van der Waals surface area contributed by atoms with Gasteiger partial charge in [0.1, 0.15) is 6.61 Å². The predicted molar refractivity (Wildman–Crippen MR) is 88.4 cm³/mol. The van der Waals surface area contributed by atoms with Crippen molar-refractivity contribution in [1.29, 1.82) is 0 Å². The number of ether oxygens (including phenoxy) is 1. The van der Waals surface area contributed by atoms with E-state index in [-0.39, 0.29) is 17.9 Å². The minimum atomic E-state index is -0.528. The van der Waals surface area contributed by atoms with Gasteiger partial charge in [0.15, 0.2) is 0 Å². The predicted octanol–water partition coefficient (Wildman–Crippen LogP) is 4.36. The first-order valence-corrected chi connectivity index (χ1v) is 7.63. The highest BCUT2D eigenvalue weighted by atomic mass is 16.6. The average molecular weight is 315 g/mol. The first-order valence-electron chi connectivity index (χ1n) is 7.63. The van der Waals surface area contributed by atoms with Crippen LogP contribution in [0.1, 0.15) is 42.1 Å². The lowest BCUT2D eigenvalue weighted by Crippen LogP contribution is -2.13. The van der Waals surface area contributed by atoms with Crippen molar-refractivity contribution >= 4 is 11.7 Å². The van der Waals surface area contributed by atoms with Crippen molar-refractivity contribution in [1.82, 2.24) is 0 Å². The Kier molecular flexibility index (Phi) is 5.32. The fourth-order valence-corrected chi connectivity index (χ4v) is 2.69. The minimum absolute atomic E-state index is 0.0990. The molecule has 0 aromatic heterocycles. The Morgan fingerprint density at radius 1 is 1.43 bits per heavy atom. The number of benzene rings is 1. The lowest BCUT2D eigenvalue weighted by Gasteiger charge is -2.22. The van der Waals surface area contributed by atoms with E-state index in [1.807, 2.05) is 6.92 Å². The molecule has 1 aliphatic carbocycles. The maximum absolute atomic E-state index is 12.1. The molecule has 1 aromatic carbocycles. The van der Waals surface area contributed by atoms with E-state index >= 15 is 0 Å². The topological polar surface area (TPSA) is 69.4 Å². The zero-order valence-electron chi connectivity index (χ0n) is 13.5. The fraction of sp³-hybridized carbons (Fsp3) is 0.389. The second kappa shape index (κ2) is 7.22. The van der Waals surface area contributed by atoms with E-state index in [4.69, 9.17) is 4.74 Å². The standard InChI is InChI=1S/C18H21NO4/c1-12(2)15-6-4-14(5-7-15)11-23-18(20)16-8-13(3)9-17(10-16)19(21)22/h4,8-10,15H,1,5-7,11H2,2-3H3/t15-/m1/s1. The van der Waals surface area contributed by atoms with E-state index in [2.05, 4.69) is 12.7 Å². The summed E-state index contributed by atoms with van der Waals surface area (Å²) in [6.07, 6.45) is 4.94. The summed E-state index contributed by atoms with van der Waals surface area (Å²) in [6.45, 7) is 7.97. The van der Waals surface area contributed by atoms with E-state index in [1.54, 1.807) is 13.0 Å². The summed E-state index contributed by atoms with van der Waals surface area (Å²) in [5.41, 5.74) is 3.06. The molecule has 5 nitrogen and oxygen atoms in total. The Balaban J connectivity index is 1.98. The molecule has 0 saturated carbocycles. The van der Waals surface area contributed by atoms with Crippen molar-refractivity contribution in [3.8, 4) is 0 Å². The molecular formula is C18H21NO4. The van der Waals surface area contributed by atoms with Gasteiger partial charge in [0.25, 0.3) is 5.69 Å². The molecule has 0 aliphatic heterocycles. The van der Waals surface area contributed by atoms with Gasteiger partial charge in [-0.3, -0.25) is 10.1 Å². The van der Waals surface area contributed by atoms with Crippen LogP contribution in [0.15, 0.2) is 42.0 Å². The molecule has 2 rings (SSSR count). The largest absolute Gasteiger partial charge is 0.458 e. The van der Waals surface area contributed by atoms with E-state index in [0.29, 0.717) is 11.5 Å². The normalized spacial score (nSPS) is 17.3. The number of carbonyl (C=O) groups excluding carboxylic acids is 1. The van der Waals surface area contributed by atoms with Crippen molar-refractivity contribution in [2.45, 2.75) is 33.1 Å². The van der Waals surface area contributed by atoms with Gasteiger partial charge in [0.2, 0.25) is 0 Å². The Labute approximate surface area is 135 Å². The van der Waals surface area contributed by atoms with Gasteiger partial charge in [-0.25, -0.2) is 4.79 Å². The molecule has 0 heterocycles. The van der Waals surface area contributed by atoms with E-state index in [1.165, 1.54) is 17.7 Å². The molecule has 1 aliphatic rings. The number of nitrogens with zero attached hydrogens (tertiary/aromatic N) is 1. The molecular weight excluding hydrogens is 294 g/mol. The van der Waals surface area contributed by atoms with Crippen LogP contribution in [0.2, 0.25) is 0 Å². The van der Waals surface area contributed by atoms with Crippen LogP contribution in [0.25, 0.3) is 0 Å². The molecule has 0 spiro atoms. The Morgan fingerprint density at radius 2 is 2.17 bits per heavy atom. The molecule has 0 fully saturated rings. The van der Waals surface area contributed by atoms with Gasteiger partial charge in [-0.15, -0.1) is 0 Å². The van der Waals surface area contributed by atoms with E-state index in [0.717, 1.165) is 24.8 Å². The van der Waals surface area contributed by atoms with Crippen LogP contribution in [-0.2, 0) is 4.74 Å². The Bertz CT molecular complexity index is 676. The number of hydrogen-bond donors (Lipinski definition) is 0. The number of nitro benzene ring substituents is 1. The smallest absolute Gasteiger partial charge is 0.338 e. The van der Waals surface area contributed by atoms with Crippen LogP contribution >= 0.6 is 0 Å². The van der Waals surface area contributed by atoms with Gasteiger partial charge >= 0.3 is 5.97 Å². The molecule has 1 aromatic rings. The monoisotopic (exact) mass is 315 g/mol. The second-order valence-corrected chi connectivity index (χ2v) is 6.07. The summed E-state index contributed by atoms with van der Waals surface area (Å²) in [7, 11) is 0. The number of aryl methyl sites for hydroxylation is 1. The maximum Gasteiger partial charge on any atom is 0.338 e. The van der Waals surface area contributed by atoms with Crippen LogP contribution in [0.5, 0.6) is 0 Å². The third kappa shape index (κ3) is 4.52. The number of non-ortho nitro benzene ring substituents is 1. The number of esters is 1. The molecule has 1 atom stereocenters. The summed E-state index contributed by atoms with van der Waals surface area (Å²) < 4.78 is 5.30. The molecule has 0 unspecified atom stereocenters. The highest BCUT2D eigenvalue weighted by Crippen LogP contribution is 2.28. The van der Waals surface area contributed by atoms with Gasteiger partial charge in [-0.05, 0) is 56.2 Å². The number of allylic oxidation sites excluding steroid dienone is 2. The second-order valence-electron chi connectivity index (χ2n) is 6.07. The minimum Gasteiger partial charge on any atom is -0.458 e. The number of hydrogen-bond acceptors (Lipinski definition) is 4. The van der Waals surface area contributed by atoms with Crippen molar-refractivity contribution in [2.75, 3.05) is 6.61 Å². The van der Waals surface area contributed by atoms with Gasteiger partial charge < -0.3 is 4.74 Å². The average Bonchev–Trinajstić information content (AvgIpc) is 2.52. The highest BCUT2D eigenvalue weighted by Gasteiger charge is 2.18. The van der Waals surface area contributed by atoms with E-state index in [9.17, 15) is 14.9 Å². The van der Waals surface area contributed by atoms with Crippen LogP contribution < -0.4 is 0 Å². The lowest BCUT2D eigenvalue weighted by molar-refractivity contribution is -0.384. The van der Waals surface area contributed by atoms with Gasteiger partial charge in [-0.2, -0.15) is 0 Å². The summed E-state index contributed by atoms with van der Waals surface area (Å²) in [6, 6.07) is 4.28. The van der Waals surface area contributed by atoms with Crippen molar-refractivity contribution < 1.29 is 14.5 Å². The van der Waals surface area contributed by atoms with Gasteiger partial charge in [0, 0.05) is 12.1 Å². The fourth-order valence-electron chi connectivity index (χ4n) is 2.69. The SMILES string of the molecule is C=C(C)[C@@H]1CC=C(COC(=O)c2cc(C)cc([N+](=O)[O-])c2)CC1. The number of carbonyl (C=O) groups is 1. The van der Waals surface area contributed by atoms with Crippen molar-refractivity contribution in [3.05, 3.63) is 63.2 Å². The van der Waals surface area contributed by atoms with Gasteiger partial charge in [0.05, 0.1) is 10.5 Å². The molecule has 0 bridgehead atoms. The molecule has 5 heteroatoms. The Hall–Kier alpha value is -2.43. The van der Waals surface area contributed by atoms with Crippen molar-refractivity contribution in [2.24, 2.45) is 5.92 Å². The molecule has 23 heavy (non-hydrogen) atoms. The summed E-state index contributed by atoms with van der Waals surface area (Å²) in [5, 5.41) is 10.9.